The normalized spacial score (nSPS) is 11.2. The Labute approximate surface area is 142 Å². The first kappa shape index (κ1) is 17.7. The number of ether oxygens (including phenoxy) is 1. The van der Waals surface area contributed by atoms with Gasteiger partial charge in [0, 0.05) is 11.3 Å². The first-order valence-corrected chi connectivity index (χ1v) is 7.92. The monoisotopic (exact) mass is 327 g/mol. The summed E-state index contributed by atoms with van der Waals surface area (Å²) in [5.41, 5.74) is 4.10. The highest BCUT2D eigenvalue weighted by Crippen LogP contribution is 2.17. The molecule has 2 rings (SSSR count). The summed E-state index contributed by atoms with van der Waals surface area (Å²) in [6.07, 6.45) is 1.18. The van der Waals surface area contributed by atoms with Gasteiger partial charge in [0.25, 0.3) is 5.91 Å². The van der Waals surface area contributed by atoms with Crippen molar-refractivity contribution >= 4 is 11.6 Å². The fraction of sp³-hybridized carbons (Fsp3) is 0.250. The van der Waals surface area contributed by atoms with Gasteiger partial charge in [0.15, 0.2) is 0 Å². The van der Waals surface area contributed by atoms with Crippen LogP contribution < -0.4 is 10.1 Å². The minimum absolute atomic E-state index is 0.176. The van der Waals surface area contributed by atoms with Crippen molar-refractivity contribution in [2.24, 2.45) is 0 Å². The predicted octanol–water partition coefficient (Wildman–Crippen LogP) is 5.20. The molecule has 0 heterocycles. The van der Waals surface area contributed by atoms with Crippen molar-refractivity contribution in [1.29, 1.82) is 0 Å². The van der Waals surface area contributed by atoms with Crippen LogP contribution >= 0.6 is 0 Å². The molecule has 0 aliphatic heterocycles. The zero-order valence-electron chi connectivity index (χ0n) is 14.2. The molecule has 0 radical (unpaired) electrons. The molecule has 0 saturated carbocycles. The first-order chi connectivity index (χ1) is 11.5. The lowest BCUT2D eigenvalue weighted by Crippen LogP contribution is -2.12. The third-order valence-corrected chi connectivity index (χ3v) is 3.63. The molecular weight excluding hydrogens is 305 g/mol. The Balaban J connectivity index is 2.00. The first-order valence-electron chi connectivity index (χ1n) is 7.92. The van der Waals surface area contributed by atoms with Crippen LogP contribution in [0.1, 0.15) is 34.8 Å². The van der Waals surface area contributed by atoms with E-state index in [9.17, 15) is 9.18 Å². The van der Waals surface area contributed by atoms with E-state index in [-0.39, 0.29) is 12.5 Å². The van der Waals surface area contributed by atoms with Gasteiger partial charge in [0.1, 0.15) is 12.4 Å². The maximum atomic E-state index is 12.5. The molecule has 0 atom stereocenters. The number of carbonyl (C=O) groups excluding carboxylic acids is 1. The molecule has 0 aliphatic rings. The third kappa shape index (κ3) is 4.95. The molecular formula is C20H22FNO2. The van der Waals surface area contributed by atoms with E-state index in [4.69, 9.17) is 4.74 Å². The highest BCUT2D eigenvalue weighted by Gasteiger charge is 2.07. The number of hydrogen-bond acceptors (Lipinski definition) is 2. The van der Waals surface area contributed by atoms with E-state index >= 15 is 0 Å². The minimum atomic E-state index is -0.176. The summed E-state index contributed by atoms with van der Waals surface area (Å²) >= 11 is 0. The molecule has 126 valence electrons. The number of halogens is 1. The van der Waals surface area contributed by atoms with E-state index in [0.29, 0.717) is 29.6 Å². The Kier molecular flexibility index (Phi) is 6.13. The van der Waals surface area contributed by atoms with Crippen LogP contribution in [0.25, 0.3) is 0 Å². The van der Waals surface area contributed by atoms with Gasteiger partial charge < -0.3 is 10.1 Å². The van der Waals surface area contributed by atoms with Crippen LogP contribution in [-0.2, 0) is 0 Å². The molecule has 0 aliphatic carbocycles. The topological polar surface area (TPSA) is 38.3 Å². The van der Waals surface area contributed by atoms with Crippen molar-refractivity contribution in [2.45, 2.75) is 27.2 Å². The predicted molar refractivity (Wildman–Crippen MR) is 95.3 cm³/mol. The van der Waals surface area contributed by atoms with Crippen molar-refractivity contribution in [3.05, 3.63) is 71.1 Å². The quantitative estimate of drug-likeness (QED) is 0.792. The van der Waals surface area contributed by atoms with Crippen molar-refractivity contribution in [2.75, 3.05) is 11.9 Å². The number of amides is 1. The fourth-order valence-corrected chi connectivity index (χ4v) is 2.34. The summed E-state index contributed by atoms with van der Waals surface area (Å²) in [5, 5.41) is 2.89. The van der Waals surface area contributed by atoms with Crippen LogP contribution in [-0.4, -0.2) is 12.5 Å². The van der Waals surface area contributed by atoms with Crippen molar-refractivity contribution in [1.82, 2.24) is 0 Å². The lowest BCUT2D eigenvalue weighted by Gasteiger charge is -2.09. The molecule has 0 bridgehead atoms. The van der Waals surface area contributed by atoms with E-state index in [1.54, 1.807) is 24.3 Å². The molecule has 2 aromatic carbocycles. The summed E-state index contributed by atoms with van der Waals surface area (Å²) in [4.78, 5) is 12.3. The van der Waals surface area contributed by atoms with Gasteiger partial charge in [0.05, 0.1) is 6.33 Å². The Hall–Kier alpha value is -2.62. The second-order valence-electron chi connectivity index (χ2n) is 5.76. The summed E-state index contributed by atoms with van der Waals surface area (Å²) in [7, 11) is 0. The highest BCUT2D eigenvalue weighted by atomic mass is 19.1. The van der Waals surface area contributed by atoms with Crippen LogP contribution in [0.5, 0.6) is 5.75 Å². The average molecular weight is 327 g/mol. The lowest BCUT2D eigenvalue weighted by molar-refractivity contribution is 0.102. The van der Waals surface area contributed by atoms with Gasteiger partial charge in [-0.05, 0) is 73.4 Å². The zero-order valence-corrected chi connectivity index (χ0v) is 14.2. The largest absolute Gasteiger partial charge is 0.489 e. The molecule has 0 fully saturated rings. The van der Waals surface area contributed by atoms with Crippen LogP contribution in [0.3, 0.4) is 0 Å². The SMILES string of the molecule is CCC(=CF)COc1ccc(C(=O)Nc2cc(C)cc(C)c2)cc1. The van der Waals surface area contributed by atoms with Crippen LogP contribution in [0.2, 0.25) is 0 Å². The lowest BCUT2D eigenvalue weighted by atomic mass is 10.1. The summed E-state index contributed by atoms with van der Waals surface area (Å²) in [5.74, 6) is 0.426. The number of aryl methyl sites for hydroxylation is 2. The maximum absolute atomic E-state index is 12.5. The molecule has 0 saturated heterocycles. The molecule has 3 nitrogen and oxygen atoms in total. The molecule has 4 heteroatoms. The third-order valence-electron chi connectivity index (χ3n) is 3.63. The van der Waals surface area contributed by atoms with Gasteiger partial charge >= 0.3 is 0 Å². The van der Waals surface area contributed by atoms with Crippen molar-refractivity contribution < 1.29 is 13.9 Å². The number of carbonyl (C=O) groups is 1. The average Bonchev–Trinajstić information content (AvgIpc) is 2.55. The van der Waals surface area contributed by atoms with E-state index in [2.05, 4.69) is 11.4 Å². The van der Waals surface area contributed by atoms with E-state index in [0.717, 1.165) is 16.8 Å². The van der Waals surface area contributed by atoms with Gasteiger partial charge in [-0.3, -0.25) is 4.79 Å². The number of nitrogens with one attached hydrogen (secondary N) is 1. The van der Waals surface area contributed by atoms with Crippen LogP contribution in [0.4, 0.5) is 10.1 Å². The zero-order chi connectivity index (χ0) is 17.5. The summed E-state index contributed by atoms with van der Waals surface area (Å²) in [6.45, 7) is 6.06. The Morgan fingerprint density at radius 3 is 2.29 bits per heavy atom. The molecule has 2 aromatic rings. The standard InChI is InChI=1S/C20H22FNO2/c1-4-16(12-21)13-24-19-7-5-17(6-8-19)20(23)22-18-10-14(2)9-15(3)11-18/h5-12H,4,13H2,1-3H3,(H,22,23). The fourth-order valence-electron chi connectivity index (χ4n) is 2.34. The second-order valence-corrected chi connectivity index (χ2v) is 5.76. The second kappa shape index (κ2) is 8.29. The Bertz CT molecular complexity index is 716. The summed E-state index contributed by atoms with van der Waals surface area (Å²) in [6, 6.07) is 12.7. The van der Waals surface area contributed by atoms with E-state index in [1.165, 1.54) is 0 Å². The van der Waals surface area contributed by atoms with Gasteiger partial charge in [-0.1, -0.05) is 13.0 Å². The Morgan fingerprint density at radius 1 is 1.12 bits per heavy atom. The van der Waals surface area contributed by atoms with Gasteiger partial charge in [-0.15, -0.1) is 0 Å². The molecule has 0 spiro atoms. The number of rotatable bonds is 6. The van der Waals surface area contributed by atoms with E-state index < -0.39 is 0 Å². The molecule has 1 N–H and O–H groups in total. The number of benzene rings is 2. The molecule has 0 unspecified atom stereocenters. The highest BCUT2D eigenvalue weighted by molar-refractivity contribution is 6.04. The number of hydrogen-bond donors (Lipinski definition) is 1. The van der Waals surface area contributed by atoms with Gasteiger partial charge in [-0.2, -0.15) is 0 Å². The van der Waals surface area contributed by atoms with Crippen molar-refractivity contribution in [3.8, 4) is 5.75 Å². The van der Waals surface area contributed by atoms with Gasteiger partial charge in [0.2, 0.25) is 0 Å². The van der Waals surface area contributed by atoms with Crippen LogP contribution in [0, 0.1) is 13.8 Å². The van der Waals surface area contributed by atoms with E-state index in [1.807, 2.05) is 32.9 Å². The van der Waals surface area contributed by atoms with Crippen molar-refractivity contribution in [3.63, 3.8) is 0 Å². The number of anilines is 1. The Morgan fingerprint density at radius 2 is 1.75 bits per heavy atom. The smallest absolute Gasteiger partial charge is 0.255 e. The molecule has 0 aromatic heterocycles. The van der Waals surface area contributed by atoms with Gasteiger partial charge in [-0.25, -0.2) is 4.39 Å². The van der Waals surface area contributed by atoms with Crippen LogP contribution in [0.15, 0.2) is 54.4 Å². The summed E-state index contributed by atoms with van der Waals surface area (Å²) < 4.78 is 18.0. The molecule has 1 amide bonds. The molecule has 24 heavy (non-hydrogen) atoms. The maximum Gasteiger partial charge on any atom is 0.255 e. The minimum Gasteiger partial charge on any atom is -0.489 e.